The van der Waals surface area contributed by atoms with Crippen LogP contribution in [-0.4, -0.2) is 18.4 Å². The molecule has 0 spiro atoms. The van der Waals surface area contributed by atoms with Crippen molar-refractivity contribution in [2.45, 2.75) is 33.8 Å². The van der Waals surface area contributed by atoms with Crippen molar-refractivity contribution in [3.05, 3.63) is 106 Å². The van der Waals surface area contributed by atoms with Crippen LogP contribution in [0.4, 0.5) is 0 Å². The standard InChI is InChI=1S/C29H31Cl2NO3/c1-19(2)29(20(3)4,18-32-27(33)22-10-14-24(30)15-11-22)26(21-8-6-5-7-9-21)35-28(34)23-12-16-25(31)17-13-23/h5-17,19-20,26H,18H2,1-4H3,(H,32,33). The van der Waals surface area contributed by atoms with Gasteiger partial charge in [0.15, 0.2) is 0 Å². The van der Waals surface area contributed by atoms with E-state index in [2.05, 4.69) is 33.0 Å². The third kappa shape index (κ3) is 6.25. The Bertz CT molecular complexity index is 1120. The summed E-state index contributed by atoms with van der Waals surface area (Å²) in [4.78, 5) is 26.3. The molecule has 0 heterocycles. The van der Waals surface area contributed by atoms with Crippen LogP contribution in [0.2, 0.25) is 10.0 Å². The maximum atomic E-state index is 13.3. The van der Waals surface area contributed by atoms with Gasteiger partial charge >= 0.3 is 5.97 Å². The van der Waals surface area contributed by atoms with E-state index in [4.69, 9.17) is 27.9 Å². The molecule has 3 rings (SSSR count). The number of rotatable bonds is 9. The van der Waals surface area contributed by atoms with Crippen LogP contribution >= 0.6 is 23.2 Å². The van der Waals surface area contributed by atoms with Crippen LogP contribution < -0.4 is 5.32 Å². The van der Waals surface area contributed by atoms with Crippen molar-refractivity contribution < 1.29 is 14.3 Å². The molecular formula is C29H31Cl2NO3. The average Bonchev–Trinajstić information content (AvgIpc) is 2.84. The molecule has 0 aliphatic rings. The number of halogens is 2. The highest BCUT2D eigenvalue weighted by molar-refractivity contribution is 6.31. The zero-order chi connectivity index (χ0) is 25.6. The topological polar surface area (TPSA) is 55.4 Å². The Labute approximate surface area is 217 Å². The van der Waals surface area contributed by atoms with E-state index in [0.717, 1.165) is 5.56 Å². The van der Waals surface area contributed by atoms with Gasteiger partial charge in [-0.25, -0.2) is 4.79 Å². The summed E-state index contributed by atoms with van der Waals surface area (Å²) in [5.74, 6) is -0.513. The molecular weight excluding hydrogens is 481 g/mol. The molecule has 1 atom stereocenters. The van der Waals surface area contributed by atoms with Gasteiger partial charge in [-0.05, 0) is 65.9 Å². The summed E-state index contributed by atoms with van der Waals surface area (Å²) >= 11 is 12.0. The second-order valence-corrected chi connectivity index (χ2v) is 10.2. The fourth-order valence-corrected chi connectivity index (χ4v) is 4.84. The molecule has 0 bridgehead atoms. The lowest BCUT2D eigenvalue weighted by Gasteiger charge is -2.47. The molecule has 184 valence electrons. The highest BCUT2D eigenvalue weighted by Crippen LogP contribution is 2.48. The normalized spacial score (nSPS) is 12.5. The number of benzene rings is 3. The van der Waals surface area contributed by atoms with Gasteiger partial charge in [0.2, 0.25) is 0 Å². The largest absolute Gasteiger partial charge is 0.453 e. The molecule has 3 aromatic rings. The van der Waals surface area contributed by atoms with Crippen LogP contribution in [0.3, 0.4) is 0 Å². The monoisotopic (exact) mass is 511 g/mol. The van der Waals surface area contributed by atoms with Crippen molar-refractivity contribution in [1.29, 1.82) is 0 Å². The Hall–Kier alpha value is -2.82. The van der Waals surface area contributed by atoms with E-state index in [9.17, 15) is 9.59 Å². The zero-order valence-corrected chi connectivity index (χ0v) is 21.9. The van der Waals surface area contributed by atoms with E-state index in [0.29, 0.717) is 27.7 Å². The first-order valence-corrected chi connectivity index (χ1v) is 12.5. The molecule has 6 heteroatoms. The van der Waals surface area contributed by atoms with Gasteiger partial charge in [0.05, 0.1) is 5.56 Å². The number of ether oxygens (including phenoxy) is 1. The molecule has 0 aliphatic carbocycles. The lowest BCUT2D eigenvalue weighted by atomic mass is 9.63. The first-order chi connectivity index (χ1) is 16.6. The van der Waals surface area contributed by atoms with Crippen LogP contribution in [0.25, 0.3) is 0 Å². The zero-order valence-electron chi connectivity index (χ0n) is 20.4. The maximum Gasteiger partial charge on any atom is 0.338 e. The second-order valence-electron chi connectivity index (χ2n) is 9.31. The van der Waals surface area contributed by atoms with Crippen molar-refractivity contribution in [3.63, 3.8) is 0 Å². The number of nitrogens with one attached hydrogen (secondary N) is 1. The molecule has 4 nitrogen and oxygen atoms in total. The van der Waals surface area contributed by atoms with E-state index < -0.39 is 17.5 Å². The van der Waals surface area contributed by atoms with Crippen molar-refractivity contribution in [3.8, 4) is 0 Å². The number of esters is 1. The molecule has 1 amide bonds. The molecule has 0 radical (unpaired) electrons. The van der Waals surface area contributed by atoms with E-state index in [1.54, 1.807) is 48.5 Å². The van der Waals surface area contributed by atoms with Crippen LogP contribution in [-0.2, 0) is 4.74 Å². The Morgan fingerprint density at radius 2 is 1.26 bits per heavy atom. The van der Waals surface area contributed by atoms with Gasteiger partial charge in [-0.3, -0.25) is 4.79 Å². The minimum Gasteiger partial charge on any atom is -0.453 e. The second kappa shape index (κ2) is 11.7. The highest BCUT2D eigenvalue weighted by Gasteiger charge is 2.47. The molecule has 0 saturated carbocycles. The molecule has 3 aromatic carbocycles. The molecule has 0 saturated heterocycles. The summed E-state index contributed by atoms with van der Waals surface area (Å²) in [6.07, 6.45) is -0.600. The predicted octanol–water partition coefficient (Wildman–Crippen LogP) is 7.62. The highest BCUT2D eigenvalue weighted by atomic mass is 35.5. The quantitative estimate of drug-likeness (QED) is 0.300. The van der Waals surface area contributed by atoms with Gasteiger partial charge in [0.1, 0.15) is 6.10 Å². The summed E-state index contributed by atoms with van der Waals surface area (Å²) < 4.78 is 6.25. The summed E-state index contributed by atoms with van der Waals surface area (Å²) in [6.45, 7) is 8.71. The van der Waals surface area contributed by atoms with Gasteiger partial charge in [-0.2, -0.15) is 0 Å². The molecule has 1 N–H and O–H groups in total. The SMILES string of the molecule is CC(C)C(CNC(=O)c1ccc(Cl)cc1)(C(C)C)C(OC(=O)c1ccc(Cl)cc1)c1ccccc1. The van der Waals surface area contributed by atoms with Gasteiger partial charge < -0.3 is 10.1 Å². The van der Waals surface area contributed by atoms with E-state index in [1.807, 2.05) is 30.3 Å². The van der Waals surface area contributed by atoms with Crippen molar-refractivity contribution in [2.24, 2.45) is 17.3 Å². The molecule has 0 fully saturated rings. The number of hydrogen-bond acceptors (Lipinski definition) is 3. The minimum atomic E-state index is -0.600. The van der Waals surface area contributed by atoms with Crippen LogP contribution in [0.15, 0.2) is 78.9 Å². The maximum absolute atomic E-state index is 13.3. The van der Waals surface area contributed by atoms with Crippen LogP contribution in [0.1, 0.15) is 60.1 Å². The fourth-order valence-electron chi connectivity index (χ4n) is 4.59. The first kappa shape index (κ1) is 26.8. The summed E-state index contributed by atoms with van der Waals surface area (Å²) in [5, 5.41) is 4.22. The third-order valence-corrected chi connectivity index (χ3v) is 7.21. The predicted molar refractivity (Wildman–Crippen MR) is 142 cm³/mol. The van der Waals surface area contributed by atoms with Gasteiger partial charge in [-0.15, -0.1) is 0 Å². The molecule has 35 heavy (non-hydrogen) atoms. The van der Waals surface area contributed by atoms with Gasteiger partial charge in [0.25, 0.3) is 5.91 Å². The average molecular weight is 512 g/mol. The lowest BCUT2D eigenvalue weighted by Crippen LogP contribution is -2.49. The van der Waals surface area contributed by atoms with E-state index >= 15 is 0 Å². The van der Waals surface area contributed by atoms with Crippen molar-refractivity contribution in [1.82, 2.24) is 5.32 Å². The van der Waals surface area contributed by atoms with Gasteiger partial charge in [0, 0.05) is 27.6 Å². The summed E-state index contributed by atoms with van der Waals surface area (Å²) in [5.41, 5.74) is 1.22. The summed E-state index contributed by atoms with van der Waals surface area (Å²) in [7, 11) is 0. The Morgan fingerprint density at radius 3 is 1.74 bits per heavy atom. The van der Waals surface area contributed by atoms with Crippen LogP contribution in [0.5, 0.6) is 0 Å². The van der Waals surface area contributed by atoms with Crippen LogP contribution in [0, 0.1) is 17.3 Å². The Balaban J connectivity index is 1.99. The molecule has 0 aliphatic heterocycles. The first-order valence-electron chi connectivity index (χ1n) is 11.7. The third-order valence-electron chi connectivity index (χ3n) is 6.71. The summed E-state index contributed by atoms with van der Waals surface area (Å²) in [6, 6.07) is 23.1. The number of amides is 1. The number of hydrogen-bond donors (Lipinski definition) is 1. The van der Waals surface area contributed by atoms with E-state index in [-0.39, 0.29) is 17.7 Å². The molecule has 0 aromatic heterocycles. The Morgan fingerprint density at radius 1 is 0.771 bits per heavy atom. The van der Waals surface area contributed by atoms with Crippen molar-refractivity contribution in [2.75, 3.05) is 6.54 Å². The van der Waals surface area contributed by atoms with E-state index in [1.165, 1.54) is 0 Å². The number of carbonyl (C=O) groups excluding carboxylic acids is 2. The van der Waals surface area contributed by atoms with Gasteiger partial charge in [-0.1, -0.05) is 81.2 Å². The minimum absolute atomic E-state index is 0.0660. The smallest absolute Gasteiger partial charge is 0.338 e. The van der Waals surface area contributed by atoms with Crippen molar-refractivity contribution >= 4 is 35.1 Å². The lowest BCUT2D eigenvalue weighted by molar-refractivity contribution is -0.0643. The number of carbonyl (C=O) groups is 2. The molecule has 1 unspecified atom stereocenters. The Kier molecular flexibility index (Phi) is 8.98. The fraction of sp³-hybridized carbons (Fsp3) is 0.310.